The van der Waals surface area contributed by atoms with Gasteiger partial charge in [0.25, 0.3) is 0 Å². The molecule has 25 heavy (non-hydrogen) atoms. The first-order valence-electron chi connectivity index (χ1n) is 8.03. The zero-order chi connectivity index (χ0) is 18.6. The standard InChI is InChI=1S/C17H21ClFN3O2S/c1-4-14(12-6-8-13(9-7-12)25(23,24)5-2)22-17-15(18)16(11(3)19)20-10-21-17/h6-11,14H,4-5H2,1-3H3,(H,20,21,22). The third-order valence-corrected chi connectivity index (χ3v) is 6.06. The zero-order valence-corrected chi connectivity index (χ0v) is 15.9. The van der Waals surface area contributed by atoms with E-state index in [0.29, 0.717) is 17.1 Å². The monoisotopic (exact) mass is 385 g/mol. The summed E-state index contributed by atoms with van der Waals surface area (Å²) in [5.41, 5.74) is 1.03. The zero-order valence-electron chi connectivity index (χ0n) is 14.3. The second-order valence-corrected chi connectivity index (χ2v) is 8.27. The van der Waals surface area contributed by atoms with Gasteiger partial charge in [0.05, 0.1) is 22.4 Å². The van der Waals surface area contributed by atoms with Crippen molar-refractivity contribution in [2.24, 2.45) is 0 Å². The van der Waals surface area contributed by atoms with Gasteiger partial charge in [0, 0.05) is 0 Å². The van der Waals surface area contributed by atoms with E-state index in [2.05, 4.69) is 15.3 Å². The number of anilines is 1. The van der Waals surface area contributed by atoms with Crippen LogP contribution in [0.25, 0.3) is 0 Å². The molecule has 2 atom stereocenters. The lowest BCUT2D eigenvalue weighted by molar-refractivity contribution is 0.365. The van der Waals surface area contributed by atoms with Crippen molar-refractivity contribution in [1.82, 2.24) is 9.97 Å². The van der Waals surface area contributed by atoms with Crippen molar-refractivity contribution in [3.05, 3.63) is 46.9 Å². The minimum absolute atomic E-state index is 0.0581. The van der Waals surface area contributed by atoms with Gasteiger partial charge in [-0.05, 0) is 31.0 Å². The van der Waals surface area contributed by atoms with Crippen LogP contribution in [0.1, 0.15) is 50.7 Å². The van der Waals surface area contributed by atoms with Crippen LogP contribution in [0.4, 0.5) is 10.2 Å². The molecule has 1 heterocycles. The van der Waals surface area contributed by atoms with E-state index in [0.717, 1.165) is 5.56 Å². The second kappa shape index (κ2) is 8.10. The van der Waals surface area contributed by atoms with Gasteiger partial charge in [-0.25, -0.2) is 22.8 Å². The molecule has 0 aliphatic rings. The molecule has 1 aromatic carbocycles. The molecule has 0 bridgehead atoms. The molecule has 2 unspecified atom stereocenters. The minimum atomic E-state index is -3.23. The van der Waals surface area contributed by atoms with E-state index in [1.165, 1.54) is 13.3 Å². The Hall–Kier alpha value is -1.73. The van der Waals surface area contributed by atoms with E-state index in [-0.39, 0.29) is 22.5 Å². The predicted molar refractivity (Wildman–Crippen MR) is 97.4 cm³/mol. The molecule has 0 saturated carbocycles. The van der Waals surface area contributed by atoms with Gasteiger partial charge in [0.2, 0.25) is 0 Å². The van der Waals surface area contributed by atoms with E-state index < -0.39 is 16.0 Å². The summed E-state index contributed by atoms with van der Waals surface area (Å²) in [6.45, 7) is 4.95. The third-order valence-electron chi connectivity index (χ3n) is 3.93. The Balaban J connectivity index is 2.28. The van der Waals surface area contributed by atoms with E-state index in [4.69, 9.17) is 11.6 Å². The van der Waals surface area contributed by atoms with Gasteiger partial charge < -0.3 is 5.32 Å². The highest BCUT2D eigenvalue weighted by Crippen LogP contribution is 2.31. The first-order chi connectivity index (χ1) is 11.8. The van der Waals surface area contributed by atoms with Gasteiger partial charge >= 0.3 is 0 Å². The van der Waals surface area contributed by atoms with Crippen molar-refractivity contribution in [3.8, 4) is 0 Å². The van der Waals surface area contributed by atoms with Crippen molar-refractivity contribution < 1.29 is 12.8 Å². The summed E-state index contributed by atoms with van der Waals surface area (Å²) in [5.74, 6) is 0.413. The Labute approximate surface area is 152 Å². The maximum Gasteiger partial charge on any atom is 0.178 e. The van der Waals surface area contributed by atoms with Gasteiger partial charge in [-0.2, -0.15) is 0 Å². The summed E-state index contributed by atoms with van der Waals surface area (Å²) >= 11 is 6.19. The van der Waals surface area contributed by atoms with Crippen LogP contribution >= 0.6 is 11.6 Å². The highest BCUT2D eigenvalue weighted by Gasteiger charge is 2.18. The molecule has 0 aliphatic heterocycles. The molecular formula is C17H21ClFN3O2S. The molecule has 0 aliphatic carbocycles. The van der Waals surface area contributed by atoms with Gasteiger partial charge in [0.15, 0.2) is 9.84 Å². The normalized spacial score (nSPS) is 14.1. The van der Waals surface area contributed by atoms with Crippen LogP contribution in [-0.2, 0) is 9.84 Å². The number of aromatic nitrogens is 2. The van der Waals surface area contributed by atoms with Crippen molar-refractivity contribution in [1.29, 1.82) is 0 Å². The first kappa shape index (κ1) is 19.6. The summed E-state index contributed by atoms with van der Waals surface area (Å²) in [5, 5.41) is 3.34. The van der Waals surface area contributed by atoms with Gasteiger partial charge in [-0.3, -0.25) is 0 Å². The van der Waals surface area contributed by atoms with Crippen LogP contribution in [0, 0.1) is 0 Å². The summed E-state index contributed by atoms with van der Waals surface area (Å²) in [4.78, 5) is 8.25. The molecule has 136 valence electrons. The van der Waals surface area contributed by atoms with Crippen molar-refractivity contribution >= 4 is 27.3 Å². The molecule has 5 nitrogen and oxygen atoms in total. The lowest BCUT2D eigenvalue weighted by Gasteiger charge is -2.20. The maximum absolute atomic E-state index is 13.5. The summed E-state index contributed by atoms with van der Waals surface area (Å²) in [6, 6.07) is 6.56. The van der Waals surface area contributed by atoms with Crippen LogP contribution in [0.15, 0.2) is 35.5 Å². The Morgan fingerprint density at radius 2 is 1.84 bits per heavy atom. The molecule has 1 aromatic heterocycles. The average Bonchev–Trinajstić information content (AvgIpc) is 2.60. The van der Waals surface area contributed by atoms with Crippen LogP contribution in [0.3, 0.4) is 0 Å². The summed E-state index contributed by atoms with van der Waals surface area (Å²) in [7, 11) is -3.23. The number of alkyl halides is 1. The molecule has 0 saturated heterocycles. The van der Waals surface area contributed by atoms with Crippen LogP contribution in [-0.4, -0.2) is 24.1 Å². The number of benzene rings is 1. The highest BCUT2D eigenvalue weighted by atomic mass is 35.5. The van der Waals surface area contributed by atoms with Gasteiger partial charge in [0.1, 0.15) is 23.3 Å². The SMILES string of the molecule is CCC(Nc1ncnc(C(C)F)c1Cl)c1ccc(S(=O)(=O)CC)cc1. The molecule has 0 radical (unpaired) electrons. The van der Waals surface area contributed by atoms with E-state index in [1.54, 1.807) is 31.2 Å². The maximum atomic E-state index is 13.5. The molecule has 8 heteroatoms. The lowest BCUT2D eigenvalue weighted by Crippen LogP contribution is -2.13. The molecule has 1 N–H and O–H groups in total. The Morgan fingerprint density at radius 3 is 2.36 bits per heavy atom. The van der Waals surface area contributed by atoms with Crippen LogP contribution < -0.4 is 5.32 Å². The average molecular weight is 386 g/mol. The molecule has 0 amide bonds. The summed E-state index contributed by atoms with van der Waals surface area (Å²) in [6.07, 6.45) is 0.680. The van der Waals surface area contributed by atoms with Crippen molar-refractivity contribution in [2.45, 2.75) is 44.3 Å². The van der Waals surface area contributed by atoms with E-state index in [1.807, 2.05) is 6.92 Å². The fourth-order valence-corrected chi connectivity index (χ4v) is 3.61. The minimum Gasteiger partial charge on any atom is -0.362 e. The highest BCUT2D eigenvalue weighted by molar-refractivity contribution is 7.91. The molecular weight excluding hydrogens is 365 g/mol. The van der Waals surface area contributed by atoms with E-state index in [9.17, 15) is 12.8 Å². The second-order valence-electron chi connectivity index (χ2n) is 5.62. The predicted octanol–water partition coefficient (Wildman–Crippen LogP) is 4.52. The van der Waals surface area contributed by atoms with Gasteiger partial charge in [-0.1, -0.05) is 37.6 Å². The Morgan fingerprint density at radius 1 is 1.20 bits per heavy atom. The quantitative estimate of drug-likeness (QED) is 0.758. The number of rotatable bonds is 7. The smallest absolute Gasteiger partial charge is 0.178 e. The fraction of sp³-hybridized carbons (Fsp3) is 0.412. The third kappa shape index (κ3) is 4.46. The molecule has 2 rings (SSSR count). The number of sulfone groups is 1. The van der Waals surface area contributed by atoms with Crippen LogP contribution in [0.2, 0.25) is 5.02 Å². The molecule has 2 aromatic rings. The summed E-state index contributed by atoms with van der Waals surface area (Å²) < 4.78 is 37.4. The topological polar surface area (TPSA) is 72.0 Å². The number of nitrogens with zero attached hydrogens (tertiary/aromatic N) is 2. The number of hydrogen-bond acceptors (Lipinski definition) is 5. The van der Waals surface area contributed by atoms with E-state index >= 15 is 0 Å². The number of halogens is 2. The number of nitrogens with one attached hydrogen (secondary N) is 1. The fourth-order valence-electron chi connectivity index (χ4n) is 2.42. The molecule has 0 spiro atoms. The first-order valence-corrected chi connectivity index (χ1v) is 10.1. The van der Waals surface area contributed by atoms with Crippen molar-refractivity contribution in [2.75, 3.05) is 11.1 Å². The largest absolute Gasteiger partial charge is 0.362 e. The lowest BCUT2D eigenvalue weighted by atomic mass is 10.0. The van der Waals surface area contributed by atoms with Crippen LogP contribution in [0.5, 0.6) is 0 Å². The molecule has 0 fully saturated rings. The Kier molecular flexibility index (Phi) is 6.35. The Bertz CT molecular complexity index is 826. The van der Waals surface area contributed by atoms with Gasteiger partial charge in [-0.15, -0.1) is 0 Å². The van der Waals surface area contributed by atoms with Crippen molar-refractivity contribution in [3.63, 3.8) is 0 Å². The number of hydrogen-bond donors (Lipinski definition) is 1.